The quantitative estimate of drug-likeness (QED) is 0.661. The molecule has 0 amide bonds. The fourth-order valence-corrected chi connectivity index (χ4v) is 1.27. The van der Waals surface area contributed by atoms with Gasteiger partial charge in [0.2, 0.25) is 0 Å². The third-order valence-corrected chi connectivity index (χ3v) is 2.25. The zero-order chi connectivity index (χ0) is 8.60. The SMILES string of the molecule is NC1(c2ccc(Cl)nc2)COC1. The predicted octanol–water partition coefficient (Wildman–Crippen LogP) is 0.919. The summed E-state index contributed by atoms with van der Waals surface area (Å²) in [6.45, 7) is 1.13. The number of nitrogens with zero attached hydrogens (tertiary/aromatic N) is 1. The first-order valence-electron chi connectivity index (χ1n) is 3.69. The van der Waals surface area contributed by atoms with Gasteiger partial charge in [-0.15, -0.1) is 0 Å². The van der Waals surface area contributed by atoms with Gasteiger partial charge in [-0.05, 0) is 11.6 Å². The van der Waals surface area contributed by atoms with Gasteiger partial charge in [-0.1, -0.05) is 17.7 Å². The lowest BCUT2D eigenvalue weighted by molar-refractivity contribution is -0.0570. The maximum Gasteiger partial charge on any atom is 0.129 e. The molecule has 4 heteroatoms. The third-order valence-electron chi connectivity index (χ3n) is 2.02. The van der Waals surface area contributed by atoms with Crippen molar-refractivity contribution >= 4 is 11.6 Å². The maximum absolute atomic E-state index is 5.97. The van der Waals surface area contributed by atoms with Gasteiger partial charge in [0.15, 0.2) is 0 Å². The van der Waals surface area contributed by atoms with Crippen LogP contribution in [0.2, 0.25) is 5.15 Å². The number of halogens is 1. The summed E-state index contributed by atoms with van der Waals surface area (Å²) in [5.41, 5.74) is 6.61. The van der Waals surface area contributed by atoms with Gasteiger partial charge in [-0.25, -0.2) is 4.98 Å². The normalized spacial score (nSPS) is 20.2. The summed E-state index contributed by atoms with van der Waals surface area (Å²) < 4.78 is 5.04. The van der Waals surface area contributed by atoms with Crippen LogP contribution in [0.5, 0.6) is 0 Å². The van der Waals surface area contributed by atoms with Crippen molar-refractivity contribution in [2.24, 2.45) is 5.73 Å². The van der Waals surface area contributed by atoms with Crippen molar-refractivity contribution in [3.05, 3.63) is 29.0 Å². The van der Waals surface area contributed by atoms with E-state index in [9.17, 15) is 0 Å². The molecular formula is C8H9ClN2O. The van der Waals surface area contributed by atoms with E-state index >= 15 is 0 Å². The molecule has 1 aliphatic rings. The van der Waals surface area contributed by atoms with Crippen LogP contribution in [0.25, 0.3) is 0 Å². The third kappa shape index (κ3) is 1.20. The number of pyridine rings is 1. The van der Waals surface area contributed by atoms with Crippen molar-refractivity contribution in [3.63, 3.8) is 0 Å². The van der Waals surface area contributed by atoms with Crippen LogP contribution in [0.15, 0.2) is 18.3 Å². The Morgan fingerprint density at radius 1 is 1.50 bits per heavy atom. The van der Waals surface area contributed by atoms with E-state index in [1.807, 2.05) is 6.07 Å². The van der Waals surface area contributed by atoms with Gasteiger partial charge in [-0.2, -0.15) is 0 Å². The van der Waals surface area contributed by atoms with Crippen LogP contribution in [0, 0.1) is 0 Å². The van der Waals surface area contributed by atoms with Gasteiger partial charge in [0.25, 0.3) is 0 Å². The van der Waals surface area contributed by atoms with E-state index in [0.29, 0.717) is 18.4 Å². The summed E-state index contributed by atoms with van der Waals surface area (Å²) in [6.07, 6.45) is 1.70. The first kappa shape index (κ1) is 7.98. The van der Waals surface area contributed by atoms with Crippen LogP contribution in [0.3, 0.4) is 0 Å². The summed E-state index contributed by atoms with van der Waals surface area (Å²) in [6, 6.07) is 3.63. The van der Waals surface area contributed by atoms with Crippen LogP contribution < -0.4 is 5.73 Å². The maximum atomic E-state index is 5.97. The number of nitrogens with two attached hydrogens (primary N) is 1. The summed E-state index contributed by atoms with van der Waals surface area (Å²) in [4.78, 5) is 3.96. The topological polar surface area (TPSA) is 48.1 Å². The highest BCUT2D eigenvalue weighted by Crippen LogP contribution is 2.26. The molecule has 0 aromatic carbocycles. The van der Waals surface area contributed by atoms with E-state index in [2.05, 4.69) is 4.98 Å². The highest BCUT2D eigenvalue weighted by atomic mass is 35.5. The molecule has 0 saturated carbocycles. The molecule has 1 saturated heterocycles. The van der Waals surface area contributed by atoms with Gasteiger partial charge in [0.05, 0.1) is 18.8 Å². The first-order valence-corrected chi connectivity index (χ1v) is 4.07. The zero-order valence-electron chi connectivity index (χ0n) is 6.46. The Hall–Kier alpha value is -0.640. The van der Waals surface area contributed by atoms with Crippen LogP contribution in [0.4, 0.5) is 0 Å². The monoisotopic (exact) mass is 184 g/mol. The van der Waals surface area contributed by atoms with E-state index in [4.69, 9.17) is 22.1 Å². The van der Waals surface area contributed by atoms with Crippen LogP contribution in [-0.2, 0) is 10.3 Å². The van der Waals surface area contributed by atoms with Crippen molar-refractivity contribution in [2.75, 3.05) is 13.2 Å². The molecule has 0 spiro atoms. The smallest absolute Gasteiger partial charge is 0.129 e. The largest absolute Gasteiger partial charge is 0.377 e. The highest BCUT2D eigenvalue weighted by Gasteiger charge is 2.36. The average molecular weight is 185 g/mol. The molecular weight excluding hydrogens is 176 g/mol. The number of rotatable bonds is 1. The standard InChI is InChI=1S/C8H9ClN2O/c9-7-2-1-6(3-11-7)8(10)4-12-5-8/h1-3H,4-5,10H2. The van der Waals surface area contributed by atoms with Crippen molar-refractivity contribution in [1.82, 2.24) is 4.98 Å². The predicted molar refractivity (Wildman–Crippen MR) is 45.9 cm³/mol. The second-order valence-electron chi connectivity index (χ2n) is 3.02. The van der Waals surface area contributed by atoms with Crippen LogP contribution >= 0.6 is 11.6 Å². The Balaban J connectivity index is 2.28. The number of ether oxygens (including phenoxy) is 1. The molecule has 1 aliphatic heterocycles. The van der Waals surface area contributed by atoms with Crippen LogP contribution in [0.1, 0.15) is 5.56 Å². The Labute approximate surface area is 75.5 Å². The molecule has 2 heterocycles. The van der Waals surface area contributed by atoms with Gasteiger partial charge in [-0.3, -0.25) is 0 Å². The lowest BCUT2D eigenvalue weighted by Crippen LogP contribution is -2.54. The summed E-state index contributed by atoms with van der Waals surface area (Å²) in [5, 5.41) is 0.489. The van der Waals surface area contributed by atoms with Gasteiger partial charge < -0.3 is 10.5 Å². The minimum absolute atomic E-state index is 0.336. The molecule has 0 bridgehead atoms. The molecule has 1 aromatic heterocycles. The summed E-state index contributed by atoms with van der Waals surface area (Å²) >= 11 is 5.64. The van der Waals surface area contributed by atoms with Crippen LogP contribution in [-0.4, -0.2) is 18.2 Å². The summed E-state index contributed by atoms with van der Waals surface area (Å²) in [5.74, 6) is 0. The molecule has 0 radical (unpaired) electrons. The highest BCUT2D eigenvalue weighted by molar-refractivity contribution is 6.29. The van der Waals surface area contributed by atoms with E-state index in [-0.39, 0.29) is 5.54 Å². The van der Waals surface area contributed by atoms with Gasteiger partial charge in [0.1, 0.15) is 5.15 Å². The molecule has 64 valence electrons. The van der Waals surface area contributed by atoms with Crippen molar-refractivity contribution in [3.8, 4) is 0 Å². The molecule has 2 rings (SSSR count). The lowest BCUT2D eigenvalue weighted by atomic mass is 9.91. The van der Waals surface area contributed by atoms with E-state index in [1.165, 1.54) is 0 Å². The molecule has 0 atom stereocenters. The van der Waals surface area contributed by atoms with E-state index in [1.54, 1.807) is 12.3 Å². The van der Waals surface area contributed by atoms with Crippen molar-refractivity contribution in [1.29, 1.82) is 0 Å². The lowest BCUT2D eigenvalue weighted by Gasteiger charge is -2.37. The summed E-state index contributed by atoms with van der Waals surface area (Å²) in [7, 11) is 0. The molecule has 1 fully saturated rings. The molecule has 3 nitrogen and oxygen atoms in total. The molecule has 0 unspecified atom stereocenters. The van der Waals surface area contributed by atoms with Gasteiger partial charge in [0, 0.05) is 6.20 Å². The first-order chi connectivity index (χ1) is 5.71. The van der Waals surface area contributed by atoms with Gasteiger partial charge >= 0.3 is 0 Å². The molecule has 0 aliphatic carbocycles. The fourth-order valence-electron chi connectivity index (χ4n) is 1.16. The molecule has 1 aromatic rings. The minimum atomic E-state index is -0.336. The molecule has 2 N–H and O–H groups in total. The Morgan fingerprint density at radius 3 is 2.67 bits per heavy atom. The Bertz CT molecular complexity index is 282. The van der Waals surface area contributed by atoms with E-state index < -0.39 is 0 Å². The van der Waals surface area contributed by atoms with Crippen molar-refractivity contribution < 1.29 is 4.74 Å². The Kier molecular flexibility index (Phi) is 1.79. The Morgan fingerprint density at radius 2 is 2.25 bits per heavy atom. The fraction of sp³-hybridized carbons (Fsp3) is 0.375. The number of hydrogen-bond acceptors (Lipinski definition) is 3. The zero-order valence-corrected chi connectivity index (χ0v) is 7.21. The van der Waals surface area contributed by atoms with E-state index in [0.717, 1.165) is 5.56 Å². The second kappa shape index (κ2) is 2.69. The number of aromatic nitrogens is 1. The van der Waals surface area contributed by atoms with Crippen molar-refractivity contribution in [2.45, 2.75) is 5.54 Å². The molecule has 12 heavy (non-hydrogen) atoms. The average Bonchev–Trinajstić information content (AvgIpc) is 2.02. The second-order valence-corrected chi connectivity index (χ2v) is 3.41. The minimum Gasteiger partial charge on any atom is -0.377 e. The number of hydrogen-bond donors (Lipinski definition) is 1.